The Labute approximate surface area is 122 Å². The summed E-state index contributed by atoms with van der Waals surface area (Å²) in [5.41, 5.74) is 7.73. The Kier molecular flexibility index (Phi) is 4.94. The van der Waals surface area contributed by atoms with Gasteiger partial charge < -0.3 is 11.1 Å². The Morgan fingerprint density at radius 2 is 2.25 bits per heavy atom. The second-order valence-electron chi connectivity index (χ2n) is 4.32. The zero-order valence-electron chi connectivity index (χ0n) is 11.3. The van der Waals surface area contributed by atoms with Crippen LogP contribution in [0.5, 0.6) is 0 Å². The number of nitrogens with two attached hydrogens (primary N) is 1. The highest BCUT2D eigenvalue weighted by Crippen LogP contribution is 2.12. The van der Waals surface area contributed by atoms with Crippen molar-refractivity contribution < 1.29 is 4.79 Å². The second-order valence-corrected chi connectivity index (χ2v) is 5.35. The molecule has 0 aliphatic rings. The molecule has 0 fully saturated rings. The monoisotopic (exact) mass is 284 g/mol. The summed E-state index contributed by atoms with van der Waals surface area (Å²) in [4.78, 5) is 13.4. The van der Waals surface area contributed by atoms with E-state index in [-0.39, 0.29) is 12.5 Å². The summed E-state index contributed by atoms with van der Waals surface area (Å²) >= 11 is 1.62. The van der Waals surface area contributed by atoms with Gasteiger partial charge in [0.1, 0.15) is 0 Å². The minimum Gasteiger partial charge on any atom is -0.347 e. The number of benzene rings is 1. The number of carbonyl (C=O) groups is 1. The smallest absolute Gasteiger partial charge is 0.252 e. The molecule has 0 radical (unpaired) electrons. The van der Waals surface area contributed by atoms with E-state index in [1.54, 1.807) is 11.3 Å². The van der Waals surface area contributed by atoms with E-state index in [1.165, 1.54) is 0 Å². The molecule has 2 aromatic rings. The lowest BCUT2D eigenvalue weighted by atomic mass is 10.0. The molecule has 3 nitrogen and oxygen atoms in total. The molecule has 0 aliphatic heterocycles. The lowest BCUT2D eigenvalue weighted by Gasteiger charge is -2.07. The van der Waals surface area contributed by atoms with Crippen molar-refractivity contribution in [2.45, 2.75) is 13.5 Å². The molecule has 1 aromatic carbocycles. The summed E-state index contributed by atoms with van der Waals surface area (Å²) in [6.07, 6.45) is 0. The largest absolute Gasteiger partial charge is 0.347 e. The van der Waals surface area contributed by atoms with Crippen molar-refractivity contribution in [2.24, 2.45) is 5.73 Å². The number of thiophene rings is 1. The van der Waals surface area contributed by atoms with Gasteiger partial charge in [-0.25, -0.2) is 0 Å². The number of hydrogen-bond acceptors (Lipinski definition) is 3. The standard InChI is InChI=1S/C16H16N2OS/c1-12-6-7-13(4-2-8-17)15(10-12)16(19)18-11-14-5-3-9-20-14/h3,5-7,9-10H,8,11,17H2,1H3,(H,18,19). The molecular weight excluding hydrogens is 268 g/mol. The molecular formula is C16H16N2OS. The molecule has 1 heterocycles. The molecule has 2 rings (SSSR count). The molecule has 20 heavy (non-hydrogen) atoms. The molecule has 0 saturated heterocycles. The zero-order chi connectivity index (χ0) is 14.4. The second kappa shape index (κ2) is 6.90. The van der Waals surface area contributed by atoms with Crippen LogP contribution in [0.25, 0.3) is 0 Å². The van der Waals surface area contributed by atoms with Crippen molar-refractivity contribution in [1.82, 2.24) is 5.32 Å². The number of nitrogens with one attached hydrogen (secondary N) is 1. The minimum absolute atomic E-state index is 0.108. The number of amides is 1. The van der Waals surface area contributed by atoms with Crippen LogP contribution in [0.15, 0.2) is 35.7 Å². The summed E-state index contributed by atoms with van der Waals surface area (Å²) in [7, 11) is 0. The minimum atomic E-state index is -0.108. The number of carbonyl (C=O) groups excluding carboxylic acids is 1. The predicted octanol–water partition coefficient (Wildman–Crippen LogP) is 2.30. The summed E-state index contributed by atoms with van der Waals surface area (Å²) in [6.45, 7) is 2.77. The fourth-order valence-electron chi connectivity index (χ4n) is 1.78. The molecule has 1 aromatic heterocycles. The van der Waals surface area contributed by atoms with E-state index in [0.29, 0.717) is 17.7 Å². The molecule has 0 unspecified atom stereocenters. The van der Waals surface area contributed by atoms with Crippen LogP contribution in [-0.4, -0.2) is 12.5 Å². The van der Waals surface area contributed by atoms with Gasteiger partial charge in [-0.3, -0.25) is 4.79 Å². The van der Waals surface area contributed by atoms with E-state index in [2.05, 4.69) is 17.2 Å². The highest BCUT2D eigenvalue weighted by molar-refractivity contribution is 7.09. The topological polar surface area (TPSA) is 55.1 Å². The Morgan fingerprint density at radius 3 is 2.95 bits per heavy atom. The van der Waals surface area contributed by atoms with Crippen molar-refractivity contribution in [3.05, 3.63) is 57.3 Å². The maximum atomic E-state index is 12.3. The van der Waals surface area contributed by atoms with Gasteiger partial charge in [-0.15, -0.1) is 11.3 Å². The first-order valence-corrected chi connectivity index (χ1v) is 7.19. The molecule has 0 aliphatic carbocycles. The summed E-state index contributed by atoms with van der Waals surface area (Å²) < 4.78 is 0. The van der Waals surface area contributed by atoms with Crippen molar-refractivity contribution in [3.63, 3.8) is 0 Å². The first kappa shape index (κ1) is 14.3. The summed E-state index contributed by atoms with van der Waals surface area (Å²) in [6, 6.07) is 9.62. The Hall–Kier alpha value is -2.09. The van der Waals surface area contributed by atoms with Gasteiger partial charge in [-0.1, -0.05) is 29.5 Å². The van der Waals surface area contributed by atoms with Crippen LogP contribution >= 0.6 is 11.3 Å². The van der Waals surface area contributed by atoms with Crippen molar-refractivity contribution >= 4 is 17.2 Å². The molecule has 3 N–H and O–H groups in total. The lowest BCUT2D eigenvalue weighted by Crippen LogP contribution is -2.23. The average molecular weight is 284 g/mol. The predicted molar refractivity (Wildman–Crippen MR) is 82.6 cm³/mol. The van der Waals surface area contributed by atoms with Crippen LogP contribution in [0.4, 0.5) is 0 Å². The van der Waals surface area contributed by atoms with Crippen LogP contribution in [-0.2, 0) is 6.54 Å². The van der Waals surface area contributed by atoms with E-state index in [9.17, 15) is 4.79 Å². The van der Waals surface area contributed by atoms with Crippen LogP contribution in [0.3, 0.4) is 0 Å². The molecule has 102 valence electrons. The first-order chi connectivity index (χ1) is 9.70. The fraction of sp³-hybridized carbons (Fsp3) is 0.188. The van der Waals surface area contributed by atoms with Gasteiger partial charge in [0.05, 0.1) is 18.7 Å². The van der Waals surface area contributed by atoms with Gasteiger partial charge in [0, 0.05) is 10.4 Å². The van der Waals surface area contributed by atoms with E-state index in [0.717, 1.165) is 10.4 Å². The van der Waals surface area contributed by atoms with Crippen molar-refractivity contribution in [1.29, 1.82) is 0 Å². The normalized spacial score (nSPS) is 9.70. The van der Waals surface area contributed by atoms with Crippen LogP contribution in [0.2, 0.25) is 0 Å². The van der Waals surface area contributed by atoms with Gasteiger partial charge >= 0.3 is 0 Å². The van der Waals surface area contributed by atoms with Crippen LogP contribution < -0.4 is 11.1 Å². The maximum Gasteiger partial charge on any atom is 0.252 e. The third-order valence-corrected chi connectivity index (χ3v) is 3.62. The number of hydrogen-bond donors (Lipinski definition) is 2. The number of aryl methyl sites for hydroxylation is 1. The number of rotatable bonds is 3. The van der Waals surface area contributed by atoms with E-state index in [4.69, 9.17) is 5.73 Å². The summed E-state index contributed by atoms with van der Waals surface area (Å²) in [5, 5.41) is 4.91. The van der Waals surface area contributed by atoms with E-state index in [1.807, 2.05) is 42.6 Å². The zero-order valence-corrected chi connectivity index (χ0v) is 12.1. The van der Waals surface area contributed by atoms with Crippen molar-refractivity contribution in [2.75, 3.05) is 6.54 Å². The Balaban J connectivity index is 2.17. The SMILES string of the molecule is Cc1ccc(C#CCN)c(C(=O)NCc2cccs2)c1. The highest BCUT2D eigenvalue weighted by atomic mass is 32.1. The van der Waals surface area contributed by atoms with Gasteiger partial charge in [0.2, 0.25) is 0 Å². The van der Waals surface area contributed by atoms with Gasteiger partial charge in [0.15, 0.2) is 0 Å². The Bertz CT molecular complexity index is 651. The van der Waals surface area contributed by atoms with Crippen LogP contribution in [0.1, 0.15) is 26.4 Å². The average Bonchev–Trinajstić information content (AvgIpc) is 2.96. The fourth-order valence-corrected chi connectivity index (χ4v) is 2.42. The lowest BCUT2D eigenvalue weighted by molar-refractivity contribution is 0.0951. The van der Waals surface area contributed by atoms with Crippen molar-refractivity contribution in [3.8, 4) is 11.8 Å². The molecule has 0 saturated carbocycles. The molecule has 4 heteroatoms. The maximum absolute atomic E-state index is 12.3. The quantitative estimate of drug-likeness (QED) is 0.850. The van der Waals surface area contributed by atoms with Gasteiger partial charge in [-0.2, -0.15) is 0 Å². The van der Waals surface area contributed by atoms with Gasteiger partial charge in [0.25, 0.3) is 5.91 Å². The third-order valence-electron chi connectivity index (χ3n) is 2.75. The third kappa shape index (κ3) is 3.70. The van der Waals surface area contributed by atoms with E-state index < -0.39 is 0 Å². The van der Waals surface area contributed by atoms with Gasteiger partial charge in [-0.05, 0) is 30.5 Å². The van der Waals surface area contributed by atoms with E-state index >= 15 is 0 Å². The van der Waals surface area contributed by atoms with Crippen LogP contribution in [0, 0.1) is 18.8 Å². The molecule has 0 atom stereocenters. The molecule has 1 amide bonds. The molecule has 0 bridgehead atoms. The first-order valence-electron chi connectivity index (χ1n) is 6.31. The highest BCUT2D eigenvalue weighted by Gasteiger charge is 2.10. The summed E-state index contributed by atoms with van der Waals surface area (Å²) in [5.74, 6) is 5.62. The Morgan fingerprint density at radius 1 is 1.40 bits per heavy atom. The molecule has 0 spiro atoms.